The van der Waals surface area contributed by atoms with Crippen molar-refractivity contribution in [2.75, 3.05) is 20.7 Å². The van der Waals surface area contributed by atoms with E-state index in [2.05, 4.69) is 10.1 Å². The Bertz CT molecular complexity index is 634. The maximum atomic E-state index is 12.7. The molecular formula is C19H28N2O5. The van der Waals surface area contributed by atoms with Crippen LogP contribution in [0.4, 0.5) is 4.79 Å². The standard InChI is InChI=1S/C19H28N2O5/c1-13-7-9-14(10-8-13)11-15(20-18(24)26-19(2,3)4)17(23)21(5)12-16(22)25-6/h7-10,15H,11-12H2,1-6H3,(H,20,24). The Morgan fingerprint density at radius 3 is 2.23 bits per heavy atom. The fourth-order valence-electron chi connectivity index (χ4n) is 2.21. The molecule has 7 heteroatoms. The van der Waals surface area contributed by atoms with E-state index in [0.717, 1.165) is 11.1 Å². The number of likely N-dealkylation sites (N-methyl/N-ethyl adjacent to an activating group) is 1. The molecule has 1 rings (SSSR count). The van der Waals surface area contributed by atoms with Crippen LogP contribution < -0.4 is 5.32 Å². The van der Waals surface area contributed by atoms with Gasteiger partial charge in [0.15, 0.2) is 0 Å². The Labute approximate surface area is 154 Å². The summed E-state index contributed by atoms with van der Waals surface area (Å²) in [4.78, 5) is 37.5. The van der Waals surface area contributed by atoms with Crippen molar-refractivity contribution in [2.24, 2.45) is 0 Å². The lowest BCUT2D eigenvalue weighted by Crippen LogP contribution is -2.50. The van der Waals surface area contributed by atoms with E-state index < -0.39 is 29.6 Å². The van der Waals surface area contributed by atoms with Crippen molar-refractivity contribution < 1.29 is 23.9 Å². The van der Waals surface area contributed by atoms with E-state index in [1.54, 1.807) is 20.8 Å². The molecule has 1 aromatic rings. The number of methoxy groups -OCH3 is 1. The van der Waals surface area contributed by atoms with Crippen LogP contribution in [-0.4, -0.2) is 55.2 Å². The third-order valence-corrected chi connectivity index (χ3v) is 3.52. The van der Waals surface area contributed by atoms with Crippen LogP contribution in [0.25, 0.3) is 0 Å². The number of rotatable bonds is 6. The van der Waals surface area contributed by atoms with Gasteiger partial charge in [-0.1, -0.05) is 29.8 Å². The summed E-state index contributed by atoms with van der Waals surface area (Å²) in [7, 11) is 2.74. The Balaban J connectivity index is 2.92. The van der Waals surface area contributed by atoms with Gasteiger partial charge in [-0.25, -0.2) is 4.79 Å². The third kappa shape index (κ3) is 7.55. The quantitative estimate of drug-likeness (QED) is 0.781. The van der Waals surface area contributed by atoms with Gasteiger partial charge in [0.1, 0.15) is 18.2 Å². The molecule has 0 aliphatic rings. The highest BCUT2D eigenvalue weighted by molar-refractivity contribution is 5.88. The average Bonchev–Trinajstić information content (AvgIpc) is 2.53. The summed E-state index contributed by atoms with van der Waals surface area (Å²) in [6.07, 6.45) is -0.404. The lowest BCUT2D eigenvalue weighted by molar-refractivity contribution is -0.146. The average molecular weight is 364 g/mol. The van der Waals surface area contributed by atoms with Gasteiger partial charge in [0.2, 0.25) is 5.91 Å². The number of esters is 1. The summed E-state index contributed by atoms with van der Waals surface area (Å²) >= 11 is 0. The molecule has 0 spiro atoms. The number of benzene rings is 1. The molecule has 0 fully saturated rings. The van der Waals surface area contributed by atoms with E-state index in [1.807, 2.05) is 31.2 Å². The van der Waals surface area contributed by atoms with Gasteiger partial charge in [0.05, 0.1) is 7.11 Å². The van der Waals surface area contributed by atoms with Gasteiger partial charge in [-0.3, -0.25) is 9.59 Å². The molecule has 2 amide bonds. The zero-order valence-electron chi connectivity index (χ0n) is 16.3. The summed E-state index contributed by atoms with van der Waals surface area (Å²) in [5.74, 6) is -0.936. The van der Waals surface area contributed by atoms with E-state index in [9.17, 15) is 14.4 Å². The number of nitrogens with one attached hydrogen (secondary N) is 1. The summed E-state index contributed by atoms with van der Waals surface area (Å²) in [5, 5.41) is 2.60. The number of nitrogens with zero attached hydrogens (tertiary/aromatic N) is 1. The van der Waals surface area contributed by atoms with E-state index in [4.69, 9.17) is 4.74 Å². The highest BCUT2D eigenvalue weighted by Crippen LogP contribution is 2.11. The van der Waals surface area contributed by atoms with Crippen LogP contribution in [0.5, 0.6) is 0 Å². The lowest BCUT2D eigenvalue weighted by atomic mass is 10.0. The van der Waals surface area contributed by atoms with Crippen molar-refractivity contribution in [3.63, 3.8) is 0 Å². The van der Waals surface area contributed by atoms with Gasteiger partial charge in [0.25, 0.3) is 0 Å². The third-order valence-electron chi connectivity index (χ3n) is 3.52. The molecule has 0 saturated heterocycles. The summed E-state index contributed by atoms with van der Waals surface area (Å²) in [6, 6.07) is 6.80. The fourth-order valence-corrected chi connectivity index (χ4v) is 2.21. The van der Waals surface area contributed by atoms with Crippen LogP contribution in [0, 0.1) is 6.92 Å². The molecule has 0 aliphatic carbocycles. The molecule has 0 aromatic heterocycles. The van der Waals surface area contributed by atoms with Gasteiger partial charge in [-0.2, -0.15) is 0 Å². The van der Waals surface area contributed by atoms with Crippen LogP contribution in [0.3, 0.4) is 0 Å². The molecular weight excluding hydrogens is 336 g/mol. The van der Waals surface area contributed by atoms with Crippen molar-refractivity contribution in [2.45, 2.75) is 45.8 Å². The van der Waals surface area contributed by atoms with Crippen molar-refractivity contribution in [3.05, 3.63) is 35.4 Å². The highest BCUT2D eigenvalue weighted by atomic mass is 16.6. The van der Waals surface area contributed by atoms with E-state index in [0.29, 0.717) is 0 Å². The topological polar surface area (TPSA) is 84.9 Å². The lowest BCUT2D eigenvalue weighted by Gasteiger charge is -2.26. The van der Waals surface area contributed by atoms with Crippen LogP contribution in [0.15, 0.2) is 24.3 Å². The van der Waals surface area contributed by atoms with Crippen LogP contribution in [0.1, 0.15) is 31.9 Å². The largest absolute Gasteiger partial charge is 0.468 e. The molecule has 0 heterocycles. The fraction of sp³-hybridized carbons (Fsp3) is 0.526. The minimum Gasteiger partial charge on any atom is -0.468 e. The molecule has 1 atom stereocenters. The number of hydrogen-bond donors (Lipinski definition) is 1. The highest BCUT2D eigenvalue weighted by Gasteiger charge is 2.27. The van der Waals surface area contributed by atoms with Gasteiger partial charge < -0.3 is 19.7 Å². The molecule has 0 radical (unpaired) electrons. The van der Waals surface area contributed by atoms with Crippen LogP contribution in [0.2, 0.25) is 0 Å². The minimum absolute atomic E-state index is 0.199. The Kier molecular flexibility index (Phi) is 7.61. The second kappa shape index (κ2) is 9.22. The van der Waals surface area contributed by atoms with Crippen LogP contribution in [-0.2, 0) is 25.5 Å². The number of carbonyl (C=O) groups is 3. The first kappa shape index (κ1) is 21.5. The Morgan fingerprint density at radius 1 is 1.15 bits per heavy atom. The first-order valence-corrected chi connectivity index (χ1v) is 8.38. The van der Waals surface area contributed by atoms with Crippen molar-refractivity contribution in [3.8, 4) is 0 Å². The molecule has 0 aliphatic heterocycles. The molecule has 26 heavy (non-hydrogen) atoms. The summed E-state index contributed by atoms with van der Waals surface area (Å²) in [6.45, 7) is 7.00. The number of aryl methyl sites for hydroxylation is 1. The molecule has 7 nitrogen and oxygen atoms in total. The predicted molar refractivity (Wildman–Crippen MR) is 97.7 cm³/mol. The molecule has 144 valence electrons. The number of carbonyl (C=O) groups excluding carboxylic acids is 3. The van der Waals surface area contributed by atoms with Crippen molar-refractivity contribution in [1.29, 1.82) is 0 Å². The maximum absolute atomic E-state index is 12.7. The zero-order chi connectivity index (χ0) is 19.9. The molecule has 0 saturated carbocycles. The van der Waals surface area contributed by atoms with E-state index in [1.165, 1.54) is 19.1 Å². The number of alkyl carbamates (subject to hydrolysis) is 1. The number of ether oxygens (including phenoxy) is 2. The minimum atomic E-state index is -0.859. The first-order valence-electron chi connectivity index (χ1n) is 8.38. The van der Waals surface area contributed by atoms with E-state index >= 15 is 0 Å². The molecule has 1 unspecified atom stereocenters. The second-order valence-corrected chi connectivity index (χ2v) is 7.16. The molecule has 0 bridgehead atoms. The van der Waals surface area contributed by atoms with E-state index in [-0.39, 0.29) is 13.0 Å². The maximum Gasteiger partial charge on any atom is 0.408 e. The predicted octanol–water partition coefficient (Wildman–Crippen LogP) is 2.06. The zero-order valence-corrected chi connectivity index (χ0v) is 16.3. The summed E-state index contributed by atoms with van der Waals surface area (Å²) in [5.41, 5.74) is 1.30. The Hall–Kier alpha value is -2.57. The van der Waals surface area contributed by atoms with Gasteiger partial charge in [0, 0.05) is 13.5 Å². The van der Waals surface area contributed by atoms with Crippen molar-refractivity contribution in [1.82, 2.24) is 10.2 Å². The monoisotopic (exact) mass is 364 g/mol. The van der Waals surface area contributed by atoms with Crippen molar-refractivity contribution >= 4 is 18.0 Å². The second-order valence-electron chi connectivity index (χ2n) is 7.16. The molecule has 1 aromatic carbocycles. The molecule has 1 N–H and O–H groups in total. The number of amides is 2. The van der Waals surface area contributed by atoms with Gasteiger partial charge in [-0.15, -0.1) is 0 Å². The van der Waals surface area contributed by atoms with Crippen LogP contribution >= 0.6 is 0 Å². The normalized spacial score (nSPS) is 12.1. The SMILES string of the molecule is COC(=O)CN(C)C(=O)C(Cc1ccc(C)cc1)NC(=O)OC(C)(C)C. The summed E-state index contributed by atoms with van der Waals surface area (Å²) < 4.78 is 9.83. The van der Waals surface area contributed by atoms with Gasteiger partial charge >= 0.3 is 12.1 Å². The smallest absolute Gasteiger partial charge is 0.408 e. The number of hydrogen-bond acceptors (Lipinski definition) is 5. The first-order chi connectivity index (χ1) is 12.0. The Morgan fingerprint density at radius 2 is 1.73 bits per heavy atom. The van der Waals surface area contributed by atoms with Gasteiger partial charge in [-0.05, 0) is 33.3 Å².